The van der Waals surface area contributed by atoms with Gasteiger partial charge in [0.05, 0.1) is 27.8 Å². The van der Waals surface area contributed by atoms with Crippen molar-refractivity contribution in [3.63, 3.8) is 0 Å². The first kappa shape index (κ1) is 26.5. The lowest BCUT2D eigenvalue weighted by molar-refractivity contribution is 0.669. The van der Waals surface area contributed by atoms with Crippen molar-refractivity contribution in [1.29, 1.82) is 0 Å². The molecule has 0 saturated heterocycles. The summed E-state index contributed by atoms with van der Waals surface area (Å²) in [6.07, 6.45) is 0. The SMILES string of the molecule is c1ccc(-n2c3ccc(-c4ccc5c(c4)c4ccccc4n5-c4cccc5ccccc45)cc3c3cc4c(cc32)oc2ccccc24)cc1. The van der Waals surface area contributed by atoms with Gasteiger partial charge in [0, 0.05) is 49.5 Å². The Morgan fingerprint density at radius 2 is 0.939 bits per heavy atom. The van der Waals surface area contributed by atoms with Crippen LogP contribution in [-0.2, 0) is 0 Å². The van der Waals surface area contributed by atoms with Gasteiger partial charge in [-0.2, -0.15) is 0 Å². The van der Waals surface area contributed by atoms with Crippen LogP contribution < -0.4 is 0 Å². The third-order valence-corrected chi connectivity index (χ3v) is 10.3. The number of rotatable bonds is 3. The third kappa shape index (κ3) is 3.78. The van der Waals surface area contributed by atoms with Crippen LogP contribution in [0.1, 0.15) is 0 Å². The molecular formula is C46H28N2O. The van der Waals surface area contributed by atoms with Gasteiger partial charge in [0.2, 0.25) is 0 Å². The molecule has 3 heterocycles. The van der Waals surface area contributed by atoms with Crippen LogP contribution in [0.4, 0.5) is 0 Å². The number of furan rings is 1. The van der Waals surface area contributed by atoms with Crippen LogP contribution >= 0.6 is 0 Å². The minimum atomic E-state index is 0.905. The molecule has 0 aliphatic rings. The number of hydrogen-bond donors (Lipinski definition) is 0. The second-order valence-electron chi connectivity index (χ2n) is 12.9. The van der Waals surface area contributed by atoms with Crippen molar-refractivity contribution < 1.29 is 4.42 Å². The highest BCUT2D eigenvalue weighted by molar-refractivity contribution is 6.18. The maximum Gasteiger partial charge on any atom is 0.137 e. The first-order chi connectivity index (χ1) is 24.3. The summed E-state index contributed by atoms with van der Waals surface area (Å²) in [5.74, 6) is 0. The molecule has 11 aromatic rings. The second kappa shape index (κ2) is 9.96. The zero-order valence-corrected chi connectivity index (χ0v) is 26.5. The molecule has 0 bridgehead atoms. The Hall–Kier alpha value is -6.58. The molecule has 8 aromatic carbocycles. The number of benzene rings is 8. The van der Waals surface area contributed by atoms with Crippen LogP contribution in [0.3, 0.4) is 0 Å². The Balaban J connectivity index is 1.17. The zero-order valence-electron chi connectivity index (χ0n) is 26.5. The number of para-hydroxylation sites is 3. The van der Waals surface area contributed by atoms with Crippen LogP contribution in [0.15, 0.2) is 174 Å². The normalized spacial score (nSPS) is 12.1. The van der Waals surface area contributed by atoms with Crippen molar-refractivity contribution in [3.05, 3.63) is 170 Å². The molecule has 3 aromatic heterocycles. The van der Waals surface area contributed by atoms with Gasteiger partial charge in [0.15, 0.2) is 0 Å². The van der Waals surface area contributed by atoms with E-state index < -0.39 is 0 Å². The zero-order chi connectivity index (χ0) is 32.1. The molecule has 0 amide bonds. The van der Waals surface area contributed by atoms with E-state index in [-0.39, 0.29) is 0 Å². The lowest BCUT2D eigenvalue weighted by Crippen LogP contribution is -1.95. The molecule has 3 heteroatoms. The molecule has 11 rings (SSSR count). The van der Waals surface area contributed by atoms with Gasteiger partial charge in [-0.05, 0) is 77.2 Å². The monoisotopic (exact) mass is 624 g/mol. The predicted molar refractivity (Wildman–Crippen MR) is 205 cm³/mol. The lowest BCUT2D eigenvalue weighted by atomic mass is 10.00. The minimum absolute atomic E-state index is 0.905. The van der Waals surface area contributed by atoms with Crippen LogP contribution in [0, 0.1) is 0 Å². The first-order valence-corrected chi connectivity index (χ1v) is 16.8. The molecule has 0 radical (unpaired) electrons. The third-order valence-electron chi connectivity index (χ3n) is 10.3. The Morgan fingerprint density at radius 1 is 0.327 bits per heavy atom. The van der Waals surface area contributed by atoms with E-state index in [0.717, 1.165) is 33.1 Å². The summed E-state index contributed by atoms with van der Waals surface area (Å²) in [5.41, 5.74) is 11.3. The fraction of sp³-hybridized carbons (Fsp3) is 0. The average Bonchev–Trinajstić information content (AvgIpc) is 3.80. The van der Waals surface area contributed by atoms with E-state index in [2.05, 4.69) is 173 Å². The Kier molecular flexibility index (Phi) is 5.38. The van der Waals surface area contributed by atoms with E-state index in [4.69, 9.17) is 4.42 Å². The molecule has 0 atom stereocenters. The first-order valence-electron chi connectivity index (χ1n) is 16.8. The van der Waals surface area contributed by atoms with Gasteiger partial charge in [0.25, 0.3) is 0 Å². The van der Waals surface area contributed by atoms with Crippen LogP contribution in [0.5, 0.6) is 0 Å². The van der Waals surface area contributed by atoms with Crippen molar-refractivity contribution in [2.24, 2.45) is 0 Å². The molecular weight excluding hydrogens is 597 g/mol. The maximum atomic E-state index is 6.36. The number of aromatic nitrogens is 2. The van der Waals surface area contributed by atoms with Gasteiger partial charge in [-0.3, -0.25) is 0 Å². The standard InChI is InChI=1S/C46H28N2O/c1-2-13-32(14-3-1)47-42-23-21-31(26-37(42)38-27-39-35-17-7-9-20-45(35)49-46(39)28-44(38)47)30-22-24-43-36(25-30)34-16-6-8-18-41(34)48(43)40-19-10-12-29-11-4-5-15-33(29)40/h1-28H. The molecule has 0 aliphatic carbocycles. The van der Waals surface area contributed by atoms with Crippen LogP contribution in [0.2, 0.25) is 0 Å². The summed E-state index contributed by atoms with van der Waals surface area (Å²) in [6.45, 7) is 0. The lowest BCUT2D eigenvalue weighted by Gasteiger charge is -2.12. The van der Waals surface area contributed by atoms with Crippen molar-refractivity contribution in [1.82, 2.24) is 9.13 Å². The van der Waals surface area contributed by atoms with E-state index in [9.17, 15) is 0 Å². The Labute approximate surface area is 281 Å². The van der Waals surface area contributed by atoms with Crippen molar-refractivity contribution in [2.45, 2.75) is 0 Å². The van der Waals surface area contributed by atoms with Crippen LogP contribution in [0.25, 0.3) is 98.8 Å². The number of fused-ring (bicyclic) bond motifs is 10. The highest BCUT2D eigenvalue weighted by Gasteiger charge is 2.19. The Morgan fingerprint density at radius 3 is 1.78 bits per heavy atom. The van der Waals surface area contributed by atoms with E-state index >= 15 is 0 Å². The highest BCUT2D eigenvalue weighted by atomic mass is 16.3. The summed E-state index contributed by atoms with van der Waals surface area (Å²) in [6, 6.07) is 61.4. The molecule has 49 heavy (non-hydrogen) atoms. The molecule has 3 nitrogen and oxygen atoms in total. The van der Waals surface area contributed by atoms with E-state index in [1.54, 1.807) is 0 Å². The molecule has 0 saturated carbocycles. The van der Waals surface area contributed by atoms with Crippen molar-refractivity contribution in [2.75, 3.05) is 0 Å². The fourth-order valence-electron chi connectivity index (χ4n) is 8.09. The molecule has 0 unspecified atom stereocenters. The van der Waals surface area contributed by atoms with E-state index in [1.807, 2.05) is 6.07 Å². The molecule has 0 spiro atoms. The average molecular weight is 625 g/mol. The smallest absolute Gasteiger partial charge is 0.137 e. The molecule has 228 valence electrons. The van der Waals surface area contributed by atoms with E-state index in [0.29, 0.717) is 0 Å². The van der Waals surface area contributed by atoms with Gasteiger partial charge in [0.1, 0.15) is 11.2 Å². The minimum Gasteiger partial charge on any atom is -0.456 e. The summed E-state index contributed by atoms with van der Waals surface area (Å²) >= 11 is 0. The van der Waals surface area contributed by atoms with Gasteiger partial charge < -0.3 is 13.6 Å². The second-order valence-corrected chi connectivity index (χ2v) is 12.9. The summed E-state index contributed by atoms with van der Waals surface area (Å²) < 4.78 is 11.1. The maximum absolute atomic E-state index is 6.36. The van der Waals surface area contributed by atoms with Gasteiger partial charge in [-0.15, -0.1) is 0 Å². The van der Waals surface area contributed by atoms with Crippen LogP contribution in [-0.4, -0.2) is 9.13 Å². The number of nitrogens with zero attached hydrogens (tertiary/aromatic N) is 2. The van der Waals surface area contributed by atoms with Gasteiger partial charge >= 0.3 is 0 Å². The molecule has 0 aliphatic heterocycles. The van der Waals surface area contributed by atoms with Gasteiger partial charge in [-0.25, -0.2) is 0 Å². The Bertz CT molecular complexity index is 3100. The van der Waals surface area contributed by atoms with Crippen molar-refractivity contribution in [3.8, 4) is 22.5 Å². The molecule has 0 fully saturated rings. The largest absolute Gasteiger partial charge is 0.456 e. The predicted octanol–water partition coefficient (Wildman–Crippen LogP) is 12.6. The quantitative estimate of drug-likeness (QED) is 0.192. The topological polar surface area (TPSA) is 23.0 Å². The fourth-order valence-corrected chi connectivity index (χ4v) is 8.09. The summed E-state index contributed by atoms with van der Waals surface area (Å²) in [7, 11) is 0. The van der Waals surface area contributed by atoms with Gasteiger partial charge in [-0.1, -0.05) is 103 Å². The highest BCUT2D eigenvalue weighted by Crippen LogP contribution is 2.41. The van der Waals surface area contributed by atoms with E-state index in [1.165, 1.54) is 65.7 Å². The van der Waals surface area contributed by atoms with Crippen molar-refractivity contribution >= 4 is 76.3 Å². The summed E-state index contributed by atoms with van der Waals surface area (Å²) in [5, 5.41) is 9.72. The summed E-state index contributed by atoms with van der Waals surface area (Å²) in [4.78, 5) is 0. The molecule has 0 N–H and O–H groups in total. The number of hydrogen-bond acceptors (Lipinski definition) is 1.